The molecule has 2 aromatic rings. The number of carbonyl (C=O) groups is 6. The van der Waals surface area contributed by atoms with Crippen LogP contribution in [-0.4, -0.2) is 145 Å². The average Bonchev–Trinajstić information content (AvgIpc) is 3.93. The average molecular weight is 896 g/mol. The van der Waals surface area contributed by atoms with E-state index in [1.807, 2.05) is 13.8 Å². The van der Waals surface area contributed by atoms with Gasteiger partial charge in [-0.3, -0.25) is 42.8 Å². The van der Waals surface area contributed by atoms with Gasteiger partial charge in [-0.25, -0.2) is 9.55 Å². The number of carbonyl (C=O) groups excluding carboxylic acids is 6. The first-order valence-corrected chi connectivity index (χ1v) is 21.9. The summed E-state index contributed by atoms with van der Waals surface area (Å²) < 4.78 is 28.4. The van der Waals surface area contributed by atoms with Crippen LogP contribution in [0.5, 0.6) is 0 Å². The number of primary amides is 1. The van der Waals surface area contributed by atoms with Crippen molar-refractivity contribution < 1.29 is 62.2 Å². The number of phosphoric acid groups is 1. The molecule has 7 atom stereocenters. The summed E-state index contributed by atoms with van der Waals surface area (Å²) in [6.07, 6.45) is 4.44. The molecule has 3 heterocycles. The van der Waals surface area contributed by atoms with Gasteiger partial charge in [-0.15, -0.1) is 0 Å². The summed E-state index contributed by atoms with van der Waals surface area (Å²) >= 11 is 0. The van der Waals surface area contributed by atoms with Gasteiger partial charge in [-0.05, 0) is 70.9 Å². The molecule has 1 fully saturated rings. The smallest absolute Gasteiger partial charge is 0.394 e. The SMILES string of the molecule is CC(C)C[C@H](NC(=O)[C@@H]1CCCN1C(=O)CCOC(C)(C)CO)C(=O)N[C@@H](Cc1cnc[nH]1)C(=O)N[C@@H](CO)C(=O)N[C@H](C(N)=O)[C@@H](C)OP(=O)(O)OCCCc1ccccn1. The van der Waals surface area contributed by atoms with E-state index in [9.17, 15) is 48.4 Å². The van der Waals surface area contributed by atoms with Crippen molar-refractivity contribution in [3.8, 4) is 0 Å². The molecule has 0 aromatic carbocycles. The second-order valence-corrected chi connectivity index (χ2v) is 17.4. The maximum atomic E-state index is 13.9. The number of aliphatic hydroxyl groups excluding tert-OH is 2. The number of aromatic amines is 1. The molecule has 6 amide bonds. The largest absolute Gasteiger partial charge is 0.472 e. The van der Waals surface area contributed by atoms with Crippen LogP contribution in [-0.2, 0) is 60.0 Å². The van der Waals surface area contributed by atoms with Crippen LogP contribution in [0.15, 0.2) is 36.9 Å². The molecule has 1 saturated heterocycles. The van der Waals surface area contributed by atoms with Gasteiger partial charge in [-0.1, -0.05) is 19.9 Å². The summed E-state index contributed by atoms with van der Waals surface area (Å²) in [7, 11) is -4.77. The minimum atomic E-state index is -4.77. The van der Waals surface area contributed by atoms with Gasteiger partial charge in [0.15, 0.2) is 0 Å². The Morgan fingerprint density at radius 2 is 1.69 bits per heavy atom. The Kier molecular flexibility index (Phi) is 20.5. The minimum absolute atomic E-state index is 0.0235. The predicted molar refractivity (Wildman–Crippen MR) is 221 cm³/mol. The van der Waals surface area contributed by atoms with Crippen LogP contribution in [0.1, 0.15) is 78.1 Å². The molecule has 23 heteroatoms. The zero-order valence-corrected chi connectivity index (χ0v) is 36.7. The number of hydrogen-bond donors (Lipinski definition) is 9. The summed E-state index contributed by atoms with van der Waals surface area (Å²) in [5.41, 5.74) is 5.78. The quantitative estimate of drug-likeness (QED) is 0.0389. The fourth-order valence-electron chi connectivity index (χ4n) is 6.43. The van der Waals surface area contributed by atoms with Gasteiger partial charge in [0.25, 0.3) is 0 Å². The molecule has 62 heavy (non-hydrogen) atoms. The van der Waals surface area contributed by atoms with E-state index < -0.39 is 85.9 Å². The number of likely N-dealkylation sites (tertiary alicyclic amines) is 1. The highest BCUT2D eigenvalue weighted by Gasteiger charge is 2.38. The van der Waals surface area contributed by atoms with Gasteiger partial charge >= 0.3 is 7.82 Å². The number of nitrogens with two attached hydrogens (primary N) is 1. The van der Waals surface area contributed by atoms with Crippen molar-refractivity contribution >= 4 is 43.3 Å². The molecule has 3 rings (SSSR count). The van der Waals surface area contributed by atoms with Crippen molar-refractivity contribution in [1.82, 2.24) is 41.1 Å². The molecule has 0 bridgehead atoms. The second kappa shape index (κ2) is 24.7. The van der Waals surface area contributed by atoms with Crippen LogP contribution in [0.3, 0.4) is 0 Å². The molecule has 0 saturated carbocycles. The Labute approximate surface area is 360 Å². The Bertz CT molecular complexity index is 1820. The topological polar surface area (TPSA) is 327 Å². The number of imidazole rings is 1. The fourth-order valence-corrected chi connectivity index (χ4v) is 7.39. The van der Waals surface area contributed by atoms with E-state index in [0.717, 1.165) is 5.69 Å². The lowest BCUT2D eigenvalue weighted by molar-refractivity contribution is -0.141. The zero-order valence-electron chi connectivity index (χ0n) is 35.8. The summed E-state index contributed by atoms with van der Waals surface area (Å²) in [5, 5.41) is 29.5. The number of amides is 6. The van der Waals surface area contributed by atoms with Gasteiger partial charge in [0.2, 0.25) is 35.4 Å². The predicted octanol–water partition coefficient (Wildman–Crippen LogP) is -0.866. The lowest BCUT2D eigenvalue weighted by Gasteiger charge is -2.29. The highest BCUT2D eigenvalue weighted by atomic mass is 31.2. The number of phosphoric ester groups is 1. The molecule has 2 aromatic heterocycles. The standard InChI is InChI=1S/C39H62N9O13P/c1-24(2)18-28(45-38(56)31-12-8-15-48(31)32(51)13-17-59-39(4,5)22-50)35(53)44-29(19-27-20-41-23-43-27)36(54)46-30(21-49)37(55)47-33(34(40)52)25(3)61-62(57,58)60-16-9-11-26-10-6-7-14-42-26/h6-7,10,14,20,23-25,28-31,33,49-50H,8-9,11-13,15-19,21-22H2,1-5H3,(H2,40,52)(H,41,43)(H,44,53)(H,45,56)(H,46,54)(H,47,55)(H,57,58)/t25-,28+,29+,30+,31+,33+/m1/s1. The van der Waals surface area contributed by atoms with Crippen LogP contribution in [0.25, 0.3) is 0 Å². The number of aliphatic hydroxyl groups is 2. The Morgan fingerprint density at radius 1 is 1.00 bits per heavy atom. The van der Waals surface area contributed by atoms with E-state index in [2.05, 4.69) is 36.2 Å². The molecule has 346 valence electrons. The number of nitrogens with one attached hydrogen (secondary N) is 5. The third kappa shape index (κ3) is 17.1. The van der Waals surface area contributed by atoms with E-state index in [4.69, 9.17) is 19.5 Å². The third-order valence-electron chi connectivity index (χ3n) is 9.76. The van der Waals surface area contributed by atoms with Gasteiger partial charge in [0.05, 0.1) is 50.9 Å². The van der Waals surface area contributed by atoms with E-state index in [1.54, 1.807) is 38.2 Å². The van der Waals surface area contributed by atoms with Crippen LogP contribution in [0.2, 0.25) is 0 Å². The van der Waals surface area contributed by atoms with Crippen molar-refractivity contribution in [1.29, 1.82) is 0 Å². The highest BCUT2D eigenvalue weighted by Crippen LogP contribution is 2.45. The minimum Gasteiger partial charge on any atom is -0.394 e. The Morgan fingerprint density at radius 3 is 2.31 bits per heavy atom. The molecule has 0 spiro atoms. The normalized spacial score (nSPS) is 17.6. The number of aryl methyl sites for hydroxylation is 1. The van der Waals surface area contributed by atoms with E-state index >= 15 is 0 Å². The maximum Gasteiger partial charge on any atom is 0.472 e. The summed E-state index contributed by atoms with van der Waals surface area (Å²) in [4.78, 5) is 103. The lowest BCUT2D eigenvalue weighted by atomic mass is 10.0. The van der Waals surface area contributed by atoms with Gasteiger partial charge in [-0.2, -0.15) is 0 Å². The number of nitrogens with zero attached hydrogens (tertiary/aromatic N) is 3. The van der Waals surface area contributed by atoms with E-state index in [1.165, 1.54) is 24.3 Å². The monoisotopic (exact) mass is 895 g/mol. The molecule has 1 aliphatic heterocycles. The van der Waals surface area contributed by atoms with E-state index in [-0.39, 0.29) is 50.9 Å². The lowest BCUT2D eigenvalue weighted by Crippen LogP contribution is -2.61. The summed E-state index contributed by atoms with van der Waals surface area (Å²) in [5.74, 6) is -5.00. The number of ether oxygens (including phenoxy) is 1. The highest BCUT2D eigenvalue weighted by molar-refractivity contribution is 7.47. The zero-order chi connectivity index (χ0) is 46.0. The first kappa shape index (κ1) is 51.5. The van der Waals surface area contributed by atoms with Crippen molar-refractivity contribution in [3.05, 3.63) is 48.3 Å². The maximum absolute atomic E-state index is 13.9. The van der Waals surface area contributed by atoms with E-state index in [0.29, 0.717) is 37.9 Å². The number of aromatic nitrogens is 3. The first-order chi connectivity index (χ1) is 29.3. The molecule has 1 unspecified atom stereocenters. The van der Waals surface area contributed by atoms with Crippen LogP contribution in [0.4, 0.5) is 0 Å². The summed E-state index contributed by atoms with van der Waals surface area (Å²) in [6, 6.07) is -1.57. The molecule has 0 radical (unpaired) electrons. The molecule has 10 N–H and O–H groups in total. The number of H-pyrrole nitrogens is 1. The number of hydrogen-bond acceptors (Lipinski definition) is 14. The van der Waals surface area contributed by atoms with Crippen molar-refractivity contribution in [2.75, 3.05) is 33.0 Å². The van der Waals surface area contributed by atoms with Gasteiger partial charge < -0.3 is 56.7 Å². The number of rotatable bonds is 27. The summed E-state index contributed by atoms with van der Waals surface area (Å²) in [6.45, 7) is 7.12. The molecular weight excluding hydrogens is 833 g/mol. The van der Waals surface area contributed by atoms with Gasteiger partial charge in [0.1, 0.15) is 30.2 Å². The molecular formula is C39H62N9O13P. The van der Waals surface area contributed by atoms with Gasteiger partial charge in [0, 0.05) is 36.7 Å². The van der Waals surface area contributed by atoms with Crippen LogP contribution in [0, 0.1) is 5.92 Å². The van der Waals surface area contributed by atoms with Crippen molar-refractivity contribution in [3.63, 3.8) is 0 Å². The first-order valence-electron chi connectivity index (χ1n) is 20.4. The van der Waals surface area contributed by atoms with Crippen LogP contribution < -0.4 is 27.0 Å². The molecule has 22 nitrogen and oxygen atoms in total. The van der Waals surface area contributed by atoms with Crippen molar-refractivity contribution in [2.24, 2.45) is 11.7 Å². The number of pyridine rings is 1. The second-order valence-electron chi connectivity index (χ2n) is 16.0. The Balaban J connectivity index is 1.67. The fraction of sp³-hybridized carbons (Fsp3) is 0.641. The van der Waals surface area contributed by atoms with Crippen LogP contribution >= 0.6 is 7.82 Å². The van der Waals surface area contributed by atoms with Crippen molar-refractivity contribution in [2.45, 2.75) is 121 Å². The Hall–Kier alpha value is -4.83. The molecule has 1 aliphatic rings. The molecule has 0 aliphatic carbocycles. The third-order valence-corrected chi connectivity index (χ3v) is 10.9.